The normalized spacial score (nSPS) is 19.5. The molecule has 3 heterocycles. The molecule has 33 heavy (non-hydrogen) atoms. The molecule has 1 amide bonds. The molecule has 0 unspecified atom stereocenters. The van der Waals surface area contributed by atoms with Gasteiger partial charge < -0.3 is 9.80 Å². The number of rotatable bonds is 3. The van der Waals surface area contributed by atoms with E-state index in [-0.39, 0.29) is 10.8 Å². The van der Waals surface area contributed by atoms with E-state index in [1.165, 1.54) is 4.31 Å². The van der Waals surface area contributed by atoms with E-state index in [1.807, 2.05) is 49.2 Å². The van der Waals surface area contributed by atoms with Gasteiger partial charge in [-0.05, 0) is 56.1 Å². The molecule has 2 aliphatic heterocycles. The summed E-state index contributed by atoms with van der Waals surface area (Å²) in [5.41, 5.74) is 2.91. The maximum absolute atomic E-state index is 14.2. The summed E-state index contributed by atoms with van der Waals surface area (Å²) in [6, 6.07) is 13.8. The largest absolute Gasteiger partial charge is 0.338 e. The second-order valence-corrected chi connectivity index (χ2v) is 10.7. The Labute approximate surface area is 194 Å². The van der Waals surface area contributed by atoms with Gasteiger partial charge in [0.2, 0.25) is 5.91 Å². The molecule has 0 aliphatic carbocycles. The lowest BCUT2D eigenvalue weighted by atomic mass is 9.97. The van der Waals surface area contributed by atoms with Crippen LogP contribution in [0, 0.1) is 6.92 Å². The van der Waals surface area contributed by atoms with Crippen LogP contribution in [0.25, 0.3) is 10.9 Å². The Morgan fingerprint density at radius 2 is 1.79 bits per heavy atom. The zero-order chi connectivity index (χ0) is 23.2. The summed E-state index contributed by atoms with van der Waals surface area (Å²) in [5, 5.41) is 0.767. The number of anilines is 1. The number of likely N-dealkylation sites (N-methyl/N-ethyl adjacent to an activating group) is 1. The van der Waals surface area contributed by atoms with Crippen molar-refractivity contribution in [2.24, 2.45) is 0 Å². The molecule has 1 saturated heterocycles. The van der Waals surface area contributed by atoms with E-state index in [9.17, 15) is 13.2 Å². The minimum atomic E-state index is -4.05. The molecule has 3 aromatic rings. The van der Waals surface area contributed by atoms with Crippen molar-refractivity contribution < 1.29 is 13.2 Å². The molecular weight excluding hydrogens is 436 g/mol. The van der Waals surface area contributed by atoms with Crippen LogP contribution in [-0.2, 0) is 21.2 Å². The highest BCUT2D eigenvalue weighted by Crippen LogP contribution is 2.37. The first-order valence-electron chi connectivity index (χ1n) is 11.3. The number of carbonyl (C=O) groups is 1. The summed E-state index contributed by atoms with van der Waals surface area (Å²) < 4.78 is 29.8. The van der Waals surface area contributed by atoms with Gasteiger partial charge in [-0.15, -0.1) is 0 Å². The molecule has 1 atom stereocenters. The predicted molar refractivity (Wildman–Crippen MR) is 129 cm³/mol. The van der Waals surface area contributed by atoms with E-state index in [4.69, 9.17) is 0 Å². The van der Waals surface area contributed by atoms with Gasteiger partial charge in [0.1, 0.15) is 10.9 Å². The maximum Gasteiger partial charge on any atom is 0.267 e. The number of pyridine rings is 1. The van der Waals surface area contributed by atoms with Crippen molar-refractivity contribution in [3.05, 3.63) is 65.9 Å². The summed E-state index contributed by atoms with van der Waals surface area (Å²) in [5.74, 6) is -0.120. The molecule has 172 valence electrons. The standard InChI is InChI=1S/C25H28N4O3S/c1-18-16-20-7-5-9-23(24(20)26-17-18)33(31,32)29-21-8-4-3-6-19(21)10-11-22(29)25(30)28-14-12-27(2)13-15-28/h3-9,16-17,22H,10-15H2,1-2H3/t22-/m0/s1. The Morgan fingerprint density at radius 1 is 1.03 bits per heavy atom. The van der Waals surface area contributed by atoms with Crippen LogP contribution in [-0.4, -0.2) is 68.4 Å². The Kier molecular flexibility index (Phi) is 5.58. The Morgan fingerprint density at radius 3 is 2.58 bits per heavy atom. The van der Waals surface area contributed by atoms with Crippen LogP contribution >= 0.6 is 0 Å². The van der Waals surface area contributed by atoms with Crippen LogP contribution in [0.5, 0.6) is 0 Å². The van der Waals surface area contributed by atoms with Crippen molar-refractivity contribution in [3.8, 4) is 0 Å². The highest BCUT2D eigenvalue weighted by atomic mass is 32.2. The van der Waals surface area contributed by atoms with Gasteiger partial charge in [0.05, 0.1) is 11.2 Å². The Balaban J connectivity index is 1.63. The van der Waals surface area contributed by atoms with Gasteiger partial charge in [0.15, 0.2) is 0 Å². The lowest BCUT2D eigenvalue weighted by Crippen LogP contribution is -2.56. The fourth-order valence-electron chi connectivity index (χ4n) is 4.83. The third kappa shape index (κ3) is 3.87. The molecule has 2 aromatic carbocycles. The average Bonchev–Trinajstić information content (AvgIpc) is 2.82. The molecular formula is C25H28N4O3S. The number of aryl methyl sites for hydroxylation is 2. The van der Waals surface area contributed by atoms with Gasteiger partial charge in [-0.2, -0.15) is 0 Å². The van der Waals surface area contributed by atoms with Gasteiger partial charge in [-0.3, -0.25) is 14.1 Å². The lowest BCUT2D eigenvalue weighted by molar-refractivity contribution is -0.134. The molecule has 0 spiro atoms. The number of carbonyl (C=O) groups excluding carboxylic acids is 1. The smallest absolute Gasteiger partial charge is 0.267 e. The molecule has 2 aliphatic rings. The minimum absolute atomic E-state index is 0.120. The second-order valence-electron chi connectivity index (χ2n) is 8.95. The fraction of sp³-hybridized carbons (Fsp3) is 0.360. The van der Waals surface area contributed by atoms with Gasteiger partial charge in [0.25, 0.3) is 10.0 Å². The van der Waals surface area contributed by atoms with Gasteiger partial charge in [-0.1, -0.05) is 30.3 Å². The van der Waals surface area contributed by atoms with Crippen LogP contribution in [0.1, 0.15) is 17.5 Å². The number of hydrogen-bond donors (Lipinski definition) is 0. The van der Waals surface area contributed by atoms with Gasteiger partial charge in [-0.25, -0.2) is 8.42 Å². The Bertz CT molecular complexity index is 1320. The van der Waals surface area contributed by atoms with E-state index >= 15 is 0 Å². The molecule has 1 aromatic heterocycles. The van der Waals surface area contributed by atoms with Crippen molar-refractivity contribution in [1.82, 2.24) is 14.8 Å². The number of sulfonamides is 1. The summed E-state index contributed by atoms with van der Waals surface area (Å²) >= 11 is 0. The number of amides is 1. The monoisotopic (exact) mass is 464 g/mol. The summed E-state index contributed by atoms with van der Waals surface area (Å²) in [7, 11) is -2.01. The van der Waals surface area contributed by atoms with Crippen molar-refractivity contribution in [2.75, 3.05) is 37.5 Å². The molecule has 5 rings (SSSR count). The topological polar surface area (TPSA) is 73.8 Å². The number of hydrogen-bond acceptors (Lipinski definition) is 5. The van der Waals surface area contributed by atoms with E-state index in [1.54, 1.807) is 24.4 Å². The quantitative estimate of drug-likeness (QED) is 0.596. The van der Waals surface area contributed by atoms with E-state index in [2.05, 4.69) is 9.88 Å². The fourth-order valence-corrected chi connectivity index (χ4v) is 6.67. The molecule has 0 radical (unpaired) electrons. The maximum atomic E-state index is 14.2. The third-order valence-electron chi connectivity index (χ3n) is 6.65. The zero-order valence-corrected chi connectivity index (χ0v) is 19.8. The molecule has 0 bridgehead atoms. The number of benzene rings is 2. The summed E-state index contributed by atoms with van der Waals surface area (Å²) in [6.07, 6.45) is 2.80. The predicted octanol–water partition coefficient (Wildman–Crippen LogP) is 2.83. The third-order valence-corrected chi connectivity index (χ3v) is 8.50. The number of aromatic nitrogens is 1. The first-order valence-corrected chi connectivity index (χ1v) is 12.8. The van der Waals surface area contributed by atoms with Gasteiger partial charge in [0, 0.05) is 37.8 Å². The van der Waals surface area contributed by atoms with Crippen LogP contribution < -0.4 is 4.31 Å². The minimum Gasteiger partial charge on any atom is -0.338 e. The summed E-state index contributed by atoms with van der Waals surface area (Å²) in [6.45, 7) is 4.72. The van der Waals surface area contributed by atoms with E-state index in [0.29, 0.717) is 37.1 Å². The first kappa shape index (κ1) is 21.9. The second kappa shape index (κ2) is 8.43. The number of piperazine rings is 1. The van der Waals surface area contributed by atoms with Crippen LogP contribution in [0.15, 0.2) is 59.6 Å². The van der Waals surface area contributed by atoms with Crippen LogP contribution in [0.4, 0.5) is 5.69 Å². The van der Waals surface area contributed by atoms with Gasteiger partial charge >= 0.3 is 0 Å². The molecule has 8 heteroatoms. The number of nitrogens with zero attached hydrogens (tertiary/aromatic N) is 4. The highest BCUT2D eigenvalue weighted by Gasteiger charge is 2.42. The van der Waals surface area contributed by atoms with E-state index in [0.717, 1.165) is 29.6 Å². The number of para-hydroxylation sites is 2. The van der Waals surface area contributed by atoms with Crippen molar-refractivity contribution in [3.63, 3.8) is 0 Å². The van der Waals surface area contributed by atoms with Crippen molar-refractivity contribution >= 4 is 32.5 Å². The van der Waals surface area contributed by atoms with E-state index < -0.39 is 16.1 Å². The zero-order valence-electron chi connectivity index (χ0n) is 18.9. The molecule has 1 fully saturated rings. The summed E-state index contributed by atoms with van der Waals surface area (Å²) in [4.78, 5) is 22.2. The molecule has 7 nitrogen and oxygen atoms in total. The van der Waals surface area contributed by atoms with Crippen LogP contribution in [0.2, 0.25) is 0 Å². The highest BCUT2D eigenvalue weighted by molar-refractivity contribution is 7.93. The Hall–Kier alpha value is -2.97. The number of fused-ring (bicyclic) bond motifs is 2. The van der Waals surface area contributed by atoms with Crippen molar-refractivity contribution in [1.29, 1.82) is 0 Å². The molecule has 0 saturated carbocycles. The van der Waals surface area contributed by atoms with Crippen LogP contribution in [0.3, 0.4) is 0 Å². The molecule has 0 N–H and O–H groups in total. The average molecular weight is 465 g/mol. The SMILES string of the molecule is Cc1cnc2c(S(=O)(=O)N3c4ccccc4CC[C@H]3C(=O)N3CCN(C)CC3)cccc2c1. The lowest BCUT2D eigenvalue weighted by Gasteiger charge is -2.41. The first-order chi connectivity index (χ1) is 15.9. The van der Waals surface area contributed by atoms with Crippen molar-refractivity contribution in [2.45, 2.75) is 30.7 Å².